The fourth-order valence-corrected chi connectivity index (χ4v) is 0.834. The number of carbonyl (C=O) groups excluding carboxylic acids is 1. The molecule has 3 nitrogen and oxygen atoms in total. The average Bonchev–Trinajstić information content (AvgIpc) is 2.61. The molecule has 0 spiro atoms. The molecule has 0 N–H and O–H groups in total. The van der Waals surface area contributed by atoms with E-state index in [2.05, 4.69) is 0 Å². The topological polar surface area (TPSA) is 38.8 Å². The predicted octanol–water partition coefficient (Wildman–Crippen LogP) is 1.36. The minimum atomic E-state index is -0.127. The molecule has 3 heteroatoms. The summed E-state index contributed by atoms with van der Waals surface area (Å²) in [5.41, 5.74) is 0.0154. The number of epoxide rings is 1. The molecule has 0 bridgehead atoms. The molecule has 0 aliphatic carbocycles. The van der Waals surface area contributed by atoms with E-state index in [1.54, 1.807) is 0 Å². The molecule has 1 aliphatic rings. The standard InChI is InChI=1S/C9H16O3/c1-9(2,3)4-8(10)12-6-7-5-11-7/h7H,4-6H2,1-3H3. The normalized spacial score (nSPS) is 22.1. The van der Waals surface area contributed by atoms with E-state index in [-0.39, 0.29) is 17.5 Å². The molecule has 0 aromatic rings. The quantitative estimate of drug-likeness (QED) is 0.476. The fraction of sp³-hybridized carbons (Fsp3) is 0.889. The van der Waals surface area contributed by atoms with Gasteiger partial charge in [-0.3, -0.25) is 4.79 Å². The van der Waals surface area contributed by atoms with Crippen molar-refractivity contribution in [1.29, 1.82) is 0 Å². The number of hydrogen-bond donors (Lipinski definition) is 0. The van der Waals surface area contributed by atoms with Crippen LogP contribution in [-0.4, -0.2) is 25.3 Å². The smallest absolute Gasteiger partial charge is 0.306 e. The molecule has 1 aliphatic heterocycles. The highest BCUT2D eigenvalue weighted by Crippen LogP contribution is 2.19. The summed E-state index contributed by atoms with van der Waals surface area (Å²) in [5, 5.41) is 0. The lowest BCUT2D eigenvalue weighted by atomic mass is 9.92. The third-order valence-corrected chi connectivity index (χ3v) is 1.51. The van der Waals surface area contributed by atoms with Crippen LogP contribution in [-0.2, 0) is 14.3 Å². The molecule has 1 heterocycles. The van der Waals surface area contributed by atoms with E-state index in [0.717, 1.165) is 6.61 Å². The Morgan fingerprint density at radius 3 is 2.58 bits per heavy atom. The number of rotatable bonds is 3. The monoisotopic (exact) mass is 172 g/mol. The van der Waals surface area contributed by atoms with E-state index in [1.165, 1.54) is 0 Å². The van der Waals surface area contributed by atoms with E-state index in [1.807, 2.05) is 20.8 Å². The first-order chi connectivity index (χ1) is 5.47. The molecule has 0 radical (unpaired) electrons. The average molecular weight is 172 g/mol. The summed E-state index contributed by atoms with van der Waals surface area (Å²) < 4.78 is 9.89. The molecule has 1 fully saturated rings. The van der Waals surface area contributed by atoms with Crippen LogP contribution in [0.4, 0.5) is 0 Å². The Morgan fingerprint density at radius 1 is 1.58 bits per heavy atom. The van der Waals surface area contributed by atoms with E-state index in [9.17, 15) is 4.79 Å². The Labute approximate surface area is 73.0 Å². The van der Waals surface area contributed by atoms with Crippen LogP contribution in [0.2, 0.25) is 0 Å². The molecular weight excluding hydrogens is 156 g/mol. The van der Waals surface area contributed by atoms with Crippen molar-refractivity contribution in [2.24, 2.45) is 5.41 Å². The molecule has 0 aromatic carbocycles. The van der Waals surface area contributed by atoms with Crippen LogP contribution >= 0.6 is 0 Å². The van der Waals surface area contributed by atoms with Crippen LogP contribution in [0, 0.1) is 5.41 Å². The van der Waals surface area contributed by atoms with Crippen molar-refractivity contribution >= 4 is 5.97 Å². The highest BCUT2D eigenvalue weighted by molar-refractivity contribution is 5.70. The van der Waals surface area contributed by atoms with Gasteiger partial charge in [0.1, 0.15) is 12.7 Å². The maximum Gasteiger partial charge on any atom is 0.306 e. The Kier molecular flexibility index (Phi) is 2.73. The zero-order valence-electron chi connectivity index (χ0n) is 7.92. The molecule has 0 aromatic heterocycles. The van der Waals surface area contributed by atoms with Crippen molar-refractivity contribution in [1.82, 2.24) is 0 Å². The molecule has 1 atom stereocenters. The molecule has 1 saturated heterocycles. The zero-order valence-corrected chi connectivity index (χ0v) is 7.92. The minimum Gasteiger partial charge on any atom is -0.463 e. The fourth-order valence-electron chi connectivity index (χ4n) is 0.834. The molecule has 0 saturated carbocycles. The van der Waals surface area contributed by atoms with Gasteiger partial charge in [0.2, 0.25) is 0 Å². The van der Waals surface area contributed by atoms with Gasteiger partial charge in [-0.15, -0.1) is 0 Å². The Balaban J connectivity index is 2.10. The SMILES string of the molecule is CC(C)(C)CC(=O)OCC1CO1. The Morgan fingerprint density at radius 2 is 2.17 bits per heavy atom. The summed E-state index contributed by atoms with van der Waals surface area (Å²) >= 11 is 0. The second-order valence-corrected chi connectivity index (χ2v) is 4.38. The largest absolute Gasteiger partial charge is 0.463 e. The van der Waals surface area contributed by atoms with Crippen molar-refractivity contribution in [2.45, 2.75) is 33.3 Å². The predicted molar refractivity (Wildman–Crippen MR) is 44.8 cm³/mol. The molecule has 70 valence electrons. The second-order valence-electron chi connectivity index (χ2n) is 4.38. The van der Waals surface area contributed by atoms with Crippen molar-refractivity contribution in [3.05, 3.63) is 0 Å². The second kappa shape index (κ2) is 3.44. The van der Waals surface area contributed by atoms with Gasteiger partial charge in [-0.25, -0.2) is 0 Å². The van der Waals surface area contributed by atoms with Crippen molar-refractivity contribution in [3.63, 3.8) is 0 Å². The van der Waals surface area contributed by atoms with Crippen LogP contribution < -0.4 is 0 Å². The van der Waals surface area contributed by atoms with Gasteiger partial charge < -0.3 is 9.47 Å². The summed E-state index contributed by atoms with van der Waals surface area (Å²) in [6.07, 6.45) is 0.647. The van der Waals surface area contributed by atoms with Gasteiger partial charge >= 0.3 is 5.97 Å². The summed E-state index contributed by atoms with van der Waals surface area (Å²) in [6, 6.07) is 0. The van der Waals surface area contributed by atoms with Gasteiger partial charge in [-0.05, 0) is 5.41 Å². The maximum atomic E-state index is 11.1. The first kappa shape index (κ1) is 9.52. The van der Waals surface area contributed by atoms with Crippen LogP contribution in [0.5, 0.6) is 0 Å². The van der Waals surface area contributed by atoms with Gasteiger partial charge in [0.15, 0.2) is 0 Å². The van der Waals surface area contributed by atoms with Gasteiger partial charge in [0, 0.05) is 0 Å². The van der Waals surface area contributed by atoms with E-state index >= 15 is 0 Å². The van der Waals surface area contributed by atoms with Crippen molar-refractivity contribution in [3.8, 4) is 0 Å². The van der Waals surface area contributed by atoms with Crippen LogP contribution in [0.25, 0.3) is 0 Å². The number of carbonyl (C=O) groups is 1. The third kappa shape index (κ3) is 4.34. The third-order valence-electron chi connectivity index (χ3n) is 1.51. The van der Waals surface area contributed by atoms with E-state index < -0.39 is 0 Å². The lowest BCUT2D eigenvalue weighted by Gasteiger charge is -2.16. The number of esters is 1. The van der Waals surface area contributed by atoms with Gasteiger partial charge in [0.05, 0.1) is 13.0 Å². The highest BCUT2D eigenvalue weighted by atomic mass is 16.6. The van der Waals surface area contributed by atoms with Crippen molar-refractivity contribution < 1.29 is 14.3 Å². The number of hydrogen-bond acceptors (Lipinski definition) is 3. The lowest BCUT2D eigenvalue weighted by molar-refractivity contribution is -0.146. The van der Waals surface area contributed by atoms with E-state index in [0.29, 0.717) is 13.0 Å². The van der Waals surface area contributed by atoms with Crippen LogP contribution in [0.15, 0.2) is 0 Å². The van der Waals surface area contributed by atoms with Crippen LogP contribution in [0.1, 0.15) is 27.2 Å². The Hall–Kier alpha value is -0.570. The van der Waals surface area contributed by atoms with E-state index in [4.69, 9.17) is 9.47 Å². The highest BCUT2D eigenvalue weighted by Gasteiger charge is 2.25. The molecule has 1 rings (SSSR count). The van der Waals surface area contributed by atoms with Gasteiger partial charge in [0.25, 0.3) is 0 Å². The van der Waals surface area contributed by atoms with Gasteiger partial charge in [-0.2, -0.15) is 0 Å². The first-order valence-electron chi connectivity index (χ1n) is 4.24. The summed E-state index contributed by atoms with van der Waals surface area (Å²) in [6.45, 7) is 7.21. The van der Waals surface area contributed by atoms with Crippen LogP contribution in [0.3, 0.4) is 0 Å². The minimum absolute atomic E-state index is 0.0154. The van der Waals surface area contributed by atoms with Gasteiger partial charge in [-0.1, -0.05) is 20.8 Å². The first-order valence-corrected chi connectivity index (χ1v) is 4.24. The maximum absolute atomic E-state index is 11.1. The van der Waals surface area contributed by atoms with Crippen molar-refractivity contribution in [2.75, 3.05) is 13.2 Å². The summed E-state index contributed by atoms with van der Waals surface area (Å²) in [5.74, 6) is -0.127. The molecular formula is C9H16O3. The number of ether oxygens (including phenoxy) is 2. The zero-order chi connectivity index (χ0) is 9.19. The summed E-state index contributed by atoms with van der Waals surface area (Å²) in [7, 11) is 0. The Bertz CT molecular complexity index is 165. The lowest BCUT2D eigenvalue weighted by Crippen LogP contribution is -2.17. The summed E-state index contributed by atoms with van der Waals surface area (Å²) in [4.78, 5) is 11.1. The molecule has 0 amide bonds. The molecule has 1 unspecified atom stereocenters. The molecule has 12 heavy (non-hydrogen) atoms.